The van der Waals surface area contributed by atoms with Gasteiger partial charge in [-0.1, -0.05) is 12.8 Å². The van der Waals surface area contributed by atoms with Crippen LogP contribution in [0.25, 0.3) is 0 Å². The van der Waals surface area contributed by atoms with Crippen molar-refractivity contribution < 1.29 is 5.11 Å². The Balaban J connectivity index is 1.65. The molecule has 0 atom stereocenters. The number of hydrogen-bond acceptors (Lipinski definition) is 3. The molecule has 2 N–H and O–H groups in total. The Labute approximate surface area is 96.7 Å². The monoisotopic (exact) mass is 223 g/mol. The van der Waals surface area contributed by atoms with Crippen molar-refractivity contribution in [3.63, 3.8) is 0 Å². The highest BCUT2D eigenvalue weighted by Crippen LogP contribution is 2.28. The second-order valence-corrected chi connectivity index (χ2v) is 4.88. The average molecular weight is 223 g/mol. The van der Waals surface area contributed by atoms with Gasteiger partial charge in [0.2, 0.25) is 0 Å². The second kappa shape index (κ2) is 4.97. The van der Waals surface area contributed by atoms with Crippen molar-refractivity contribution in [2.75, 3.05) is 13.1 Å². The SMILES string of the molecule is Cn1cc(CCNCC2(O)CCCC2)cn1. The number of aliphatic hydroxyl groups is 1. The lowest BCUT2D eigenvalue weighted by Gasteiger charge is -2.22. The molecule has 1 aliphatic carbocycles. The molecule has 2 rings (SSSR count). The average Bonchev–Trinajstić information content (AvgIpc) is 2.84. The first-order valence-electron chi connectivity index (χ1n) is 6.09. The Bertz CT molecular complexity index is 329. The molecule has 4 nitrogen and oxygen atoms in total. The van der Waals surface area contributed by atoms with E-state index in [0.29, 0.717) is 0 Å². The summed E-state index contributed by atoms with van der Waals surface area (Å²) >= 11 is 0. The molecule has 0 amide bonds. The predicted octanol–water partition coefficient (Wildman–Crippen LogP) is 0.857. The summed E-state index contributed by atoms with van der Waals surface area (Å²) in [5, 5.41) is 17.6. The molecule has 1 heterocycles. The lowest BCUT2D eigenvalue weighted by molar-refractivity contribution is 0.0481. The Morgan fingerprint density at radius 1 is 1.50 bits per heavy atom. The van der Waals surface area contributed by atoms with Gasteiger partial charge < -0.3 is 10.4 Å². The number of hydrogen-bond donors (Lipinski definition) is 2. The van der Waals surface area contributed by atoms with Crippen molar-refractivity contribution in [2.24, 2.45) is 7.05 Å². The van der Waals surface area contributed by atoms with Crippen molar-refractivity contribution in [3.05, 3.63) is 18.0 Å². The standard InChI is InChI=1S/C12H21N3O/c1-15-9-11(8-14-15)4-7-13-10-12(16)5-2-3-6-12/h8-9,13,16H,2-7,10H2,1H3. The molecule has 1 fully saturated rings. The molecule has 1 aliphatic rings. The van der Waals surface area contributed by atoms with Gasteiger partial charge in [0.1, 0.15) is 0 Å². The van der Waals surface area contributed by atoms with Crippen LogP contribution >= 0.6 is 0 Å². The molecule has 1 aromatic rings. The summed E-state index contributed by atoms with van der Waals surface area (Å²) in [5.41, 5.74) is 0.808. The summed E-state index contributed by atoms with van der Waals surface area (Å²) in [6, 6.07) is 0. The number of nitrogens with one attached hydrogen (secondary N) is 1. The third-order valence-corrected chi connectivity index (χ3v) is 3.34. The highest BCUT2D eigenvalue weighted by atomic mass is 16.3. The largest absolute Gasteiger partial charge is 0.389 e. The van der Waals surface area contributed by atoms with Crippen LogP contribution in [0, 0.1) is 0 Å². The minimum atomic E-state index is -0.436. The van der Waals surface area contributed by atoms with Crippen LogP contribution in [-0.2, 0) is 13.5 Å². The number of aryl methyl sites for hydroxylation is 1. The Hall–Kier alpha value is -0.870. The van der Waals surface area contributed by atoms with Gasteiger partial charge in [0.05, 0.1) is 11.8 Å². The zero-order chi connectivity index (χ0) is 11.4. The van der Waals surface area contributed by atoms with E-state index in [-0.39, 0.29) is 0 Å². The highest BCUT2D eigenvalue weighted by Gasteiger charge is 2.30. The van der Waals surface area contributed by atoms with Crippen LogP contribution in [0.15, 0.2) is 12.4 Å². The molecule has 4 heteroatoms. The van der Waals surface area contributed by atoms with Gasteiger partial charge in [0.25, 0.3) is 0 Å². The quantitative estimate of drug-likeness (QED) is 0.728. The Morgan fingerprint density at radius 2 is 2.25 bits per heavy atom. The molecule has 0 spiro atoms. The van der Waals surface area contributed by atoms with E-state index in [9.17, 15) is 5.11 Å². The molecule has 0 aliphatic heterocycles. The highest BCUT2D eigenvalue weighted by molar-refractivity contribution is 5.03. The third-order valence-electron chi connectivity index (χ3n) is 3.34. The van der Waals surface area contributed by atoms with E-state index in [0.717, 1.165) is 32.4 Å². The molecule has 0 aromatic carbocycles. The molecule has 16 heavy (non-hydrogen) atoms. The van der Waals surface area contributed by atoms with Crippen LogP contribution in [0.3, 0.4) is 0 Å². The van der Waals surface area contributed by atoms with Crippen LogP contribution in [0.2, 0.25) is 0 Å². The molecular formula is C12H21N3O. The van der Waals surface area contributed by atoms with Crippen LogP contribution in [0.5, 0.6) is 0 Å². The van der Waals surface area contributed by atoms with Gasteiger partial charge >= 0.3 is 0 Å². The maximum Gasteiger partial charge on any atom is 0.0771 e. The summed E-state index contributed by atoms with van der Waals surface area (Å²) in [6.45, 7) is 1.64. The minimum absolute atomic E-state index is 0.436. The van der Waals surface area contributed by atoms with Gasteiger partial charge in [-0.25, -0.2) is 0 Å². The molecule has 0 radical (unpaired) electrons. The maximum atomic E-state index is 10.1. The molecule has 0 saturated heterocycles. The van der Waals surface area contributed by atoms with Crippen molar-refractivity contribution in [1.29, 1.82) is 0 Å². The first-order chi connectivity index (χ1) is 7.68. The summed E-state index contributed by atoms with van der Waals surface area (Å²) in [5.74, 6) is 0. The molecule has 0 unspecified atom stereocenters. The van der Waals surface area contributed by atoms with E-state index in [1.165, 1.54) is 18.4 Å². The van der Waals surface area contributed by atoms with Gasteiger partial charge in [-0.05, 0) is 31.4 Å². The fourth-order valence-corrected chi connectivity index (χ4v) is 2.36. The van der Waals surface area contributed by atoms with Crippen LogP contribution < -0.4 is 5.32 Å². The topological polar surface area (TPSA) is 50.1 Å². The van der Waals surface area contributed by atoms with Crippen LogP contribution in [-0.4, -0.2) is 33.6 Å². The van der Waals surface area contributed by atoms with Crippen molar-refractivity contribution in [1.82, 2.24) is 15.1 Å². The van der Waals surface area contributed by atoms with Gasteiger partial charge in [-0.3, -0.25) is 4.68 Å². The molecule has 1 saturated carbocycles. The van der Waals surface area contributed by atoms with E-state index >= 15 is 0 Å². The first-order valence-corrected chi connectivity index (χ1v) is 6.09. The summed E-state index contributed by atoms with van der Waals surface area (Å²) < 4.78 is 1.82. The van der Waals surface area contributed by atoms with Gasteiger partial charge in [0.15, 0.2) is 0 Å². The normalized spacial score (nSPS) is 19.1. The smallest absolute Gasteiger partial charge is 0.0771 e. The van der Waals surface area contributed by atoms with Crippen LogP contribution in [0.1, 0.15) is 31.2 Å². The molecular weight excluding hydrogens is 202 g/mol. The van der Waals surface area contributed by atoms with E-state index in [1.807, 2.05) is 24.1 Å². The first kappa shape index (κ1) is 11.6. The number of aromatic nitrogens is 2. The fourth-order valence-electron chi connectivity index (χ4n) is 2.36. The zero-order valence-electron chi connectivity index (χ0n) is 9.95. The van der Waals surface area contributed by atoms with Crippen LogP contribution in [0.4, 0.5) is 0 Å². The molecule has 1 aromatic heterocycles. The van der Waals surface area contributed by atoms with Crippen molar-refractivity contribution >= 4 is 0 Å². The Morgan fingerprint density at radius 3 is 2.88 bits per heavy atom. The van der Waals surface area contributed by atoms with Gasteiger partial charge in [-0.15, -0.1) is 0 Å². The van der Waals surface area contributed by atoms with Crippen molar-refractivity contribution in [2.45, 2.75) is 37.7 Å². The zero-order valence-corrected chi connectivity index (χ0v) is 9.95. The molecule has 90 valence electrons. The van der Waals surface area contributed by atoms with Gasteiger partial charge in [0, 0.05) is 19.8 Å². The predicted molar refractivity (Wildman–Crippen MR) is 63.2 cm³/mol. The molecule has 0 bridgehead atoms. The van der Waals surface area contributed by atoms with Crippen molar-refractivity contribution in [3.8, 4) is 0 Å². The van der Waals surface area contributed by atoms with E-state index in [1.54, 1.807) is 0 Å². The summed E-state index contributed by atoms with van der Waals surface area (Å²) in [7, 11) is 1.93. The van der Waals surface area contributed by atoms with E-state index < -0.39 is 5.60 Å². The third kappa shape index (κ3) is 3.06. The summed E-state index contributed by atoms with van der Waals surface area (Å²) in [4.78, 5) is 0. The number of nitrogens with zero attached hydrogens (tertiary/aromatic N) is 2. The number of rotatable bonds is 5. The fraction of sp³-hybridized carbons (Fsp3) is 0.750. The maximum absolute atomic E-state index is 10.1. The Kier molecular flexibility index (Phi) is 3.61. The van der Waals surface area contributed by atoms with E-state index in [4.69, 9.17) is 0 Å². The lowest BCUT2D eigenvalue weighted by atomic mass is 10.0. The second-order valence-electron chi connectivity index (χ2n) is 4.88. The van der Waals surface area contributed by atoms with E-state index in [2.05, 4.69) is 10.4 Å². The van der Waals surface area contributed by atoms with Gasteiger partial charge in [-0.2, -0.15) is 5.10 Å². The lowest BCUT2D eigenvalue weighted by Crippen LogP contribution is -2.38. The summed E-state index contributed by atoms with van der Waals surface area (Å²) in [6.07, 6.45) is 9.14. The minimum Gasteiger partial charge on any atom is -0.389 e.